The van der Waals surface area contributed by atoms with Crippen molar-refractivity contribution in [3.05, 3.63) is 11.9 Å². The summed E-state index contributed by atoms with van der Waals surface area (Å²) in [4.78, 5) is 11.4. The molecule has 0 bridgehead atoms. The highest BCUT2D eigenvalue weighted by Gasteiger charge is 2.15. The molecule has 1 rings (SSSR count). The molecule has 1 amide bonds. The molecule has 0 radical (unpaired) electrons. The van der Waals surface area contributed by atoms with E-state index in [9.17, 15) is 4.79 Å². The second-order valence-corrected chi connectivity index (χ2v) is 5.13. The van der Waals surface area contributed by atoms with E-state index in [1.165, 1.54) is 0 Å². The van der Waals surface area contributed by atoms with Crippen molar-refractivity contribution in [1.82, 2.24) is 20.3 Å². The highest BCUT2D eigenvalue weighted by atomic mass is 35.5. The monoisotopic (exact) mass is 274 g/mol. The number of rotatable bonds is 5. The van der Waals surface area contributed by atoms with Crippen molar-refractivity contribution in [1.29, 1.82) is 0 Å². The third-order valence-electron chi connectivity index (χ3n) is 2.05. The number of hydrogen-bond acceptors (Lipinski definition) is 4. The van der Waals surface area contributed by atoms with Crippen molar-refractivity contribution in [2.75, 3.05) is 6.54 Å². The van der Waals surface area contributed by atoms with Crippen LogP contribution in [0.4, 0.5) is 4.79 Å². The van der Waals surface area contributed by atoms with Gasteiger partial charge in [-0.2, -0.15) is 0 Å². The van der Waals surface area contributed by atoms with Crippen molar-refractivity contribution >= 4 is 17.7 Å². The third kappa shape index (κ3) is 5.35. The van der Waals surface area contributed by atoms with Gasteiger partial charge in [0.25, 0.3) is 0 Å². The Morgan fingerprint density at radius 1 is 1.56 bits per heavy atom. The predicted octanol–water partition coefficient (Wildman–Crippen LogP) is 1.93. The van der Waals surface area contributed by atoms with E-state index in [0.29, 0.717) is 19.0 Å². The molecular weight excluding hydrogens is 256 g/mol. The van der Waals surface area contributed by atoms with Gasteiger partial charge in [-0.1, -0.05) is 5.21 Å². The van der Waals surface area contributed by atoms with Crippen LogP contribution in [-0.4, -0.2) is 33.2 Å². The van der Waals surface area contributed by atoms with E-state index in [4.69, 9.17) is 16.3 Å². The lowest BCUT2D eigenvalue weighted by molar-refractivity contribution is 0.0526. The summed E-state index contributed by atoms with van der Waals surface area (Å²) in [7, 11) is 0. The van der Waals surface area contributed by atoms with Gasteiger partial charge >= 0.3 is 6.09 Å². The average Bonchev–Trinajstić information content (AvgIpc) is 2.69. The van der Waals surface area contributed by atoms with Crippen LogP contribution in [0.25, 0.3) is 0 Å². The van der Waals surface area contributed by atoms with Crippen molar-refractivity contribution in [3.63, 3.8) is 0 Å². The summed E-state index contributed by atoms with van der Waals surface area (Å²) in [5.74, 6) is 0.381. The first-order valence-electron chi connectivity index (χ1n) is 5.82. The van der Waals surface area contributed by atoms with E-state index < -0.39 is 11.7 Å². The molecule has 0 saturated carbocycles. The molecule has 0 aliphatic heterocycles. The molecule has 0 atom stereocenters. The average molecular weight is 275 g/mol. The number of carbonyl (C=O) groups excluding carboxylic acids is 1. The molecule has 0 aliphatic rings. The van der Waals surface area contributed by atoms with Gasteiger partial charge in [-0.3, -0.25) is 0 Å². The summed E-state index contributed by atoms with van der Waals surface area (Å²) in [6, 6.07) is 0. The highest BCUT2D eigenvalue weighted by molar-refractivity contribution is 6.16. The summed E-state index contributed by atoms with van der Waals surface area (Å²) >= 11 is 5.72. The zero-order valence-electron chi connectivity index (χ0n) is 10.9. The van der Waals surface area contributed by atoms with E-state index in [-0.39, 0.29) is 0 Å². The van der Waals surface area contributed by atoms with E-state index in [1.807, 2.05) is 20.8 Å². The second kappa shape index (κ2) is 6.58. The van der Waals surface area contributed by atoms with Crippen LogP contribution < -0.4 is 5.32 Å². The minimum absolute atomic E-state index is 0.381. The number of aromatic nitrogens is 3. The van der Waals surface area contributed by atoms with Gasteiger partial charge in [0.1, 0.15) is 5.60 Å². The molecule has 1 aromatic rings. The molecule has 18 heavy (non-hydrogen) atoms. The lowest BCUT2D eigenvalue weighted by atomic mass is 10.2. The SMILES string of the molecule is CC(C)(C)OC(=O)NCCCn1nncc1CCl. The van der Waals surface area contributed by atoms with Crippen LogP contribution >= 0.6 is 11.6 Å². The number of aryl methyl sites for hydroxylation is 1. The maximum atomic E-state index is 11.4. The normalized spacial score (nSPS) is 11.3. The summed E-state index contributed by atoms with van der Waals surface area (Å²) in [6.45, 7) is 6.67. The van der Waals surface area contributed by atoms with Crippen LogP contribution in [0.3, 0.4) is 0 Å². The highest BCUT2D eigenvalue weighted by Crippen LogP contribution is 2.06. The number of hydrogen-bond donors (Lipinski definition) is 1. The molecule has 0 fully saturated rings. The summed E-state index contributed by atoms with van der Waals surface area (Å²) < 4.78 is 6.84. The number of amides is 1. The van der Waals surface area contributed by atoms with Gasteiger partial charge < -0.3 is 10.1 Å². The van der Waals surface area contributed by atoms with Gasteiger partial charge in [0.15, 0.2) is 0 Å². The molecular formula is C11H19ClN4O2. The minimum atomic E-state index is -0.470. The van der Waals surface area contributed by atoms with Crippen LogP contribution in [0.5, 0.6) is 0 Å². The number of nitrogens with zero attached hydrogens (tertiary/aromatic N) is 3. The molecule has 0 aliphatic carbocycles. The van der Waals surface area contributed by atoms with Gasteiger partial charge in [0.05, 0.1) is 17.8 Å². The summed E-state index contributed by atoms with van der Waals surface area (Å²) in [5, 5.41) is 10.4. The van der Waals surface area contributed by atoms with Gasteiger partial charge in [0.2, 0.25) is 0 Å². The Morgan fingerprint density at radius 3 is 2.89 bits per heavy atom. The molecule has 1 aromatic heterocycles. The molecule has 0 saturated heterocycles. The Kier molecular flexibility index (Phi) is 5.40. The second-order valence-electron chi connectivity index (χ2n) is 4.86. The van der Waals surface area contributed by atoms with Gasteiger partial charge in [-0.25, -0.2) is 9.48 Å². The largest absolute Gasteiger partial charge is 0.444 e. The Balaban J connectivity index is 2.21. The molecule has 0 spiro atoms. The summed E-state index contributed by atoms with van der Waals surface area (Å²) in [5.41, 5.74) is 0.399. The number of ether oxygens (including phenoxy) is 1. The predicted molar refractivity (Wildman–Crippen MR) is 68.4 cm³/mol. The number of alkyl carbamates (subject to hydrolysis) is 1. The molecule has 102 valence electrons. The lowest BCUT2D eigenvalue weighted by Gasteiger charge is -2.19. The van der Waals surface area contributed by atoms with Gasteiger partial charge in [-0.05, 0) is 27.2 Å². The van der Waals surface area contributed by atoms with Crippen molar-refractivity contribution in [3.8, 4) is 0 Å². The fraction of sp³-hybridized carbons (Fsp3) is 0.727. The number of halogens is 1. The number of carbonyl (C=O) groups is 1. The Labute approximate surface area is 112 Å². The molecule has 1 N–H and O–H groups in total. The minimum Gasteiger partial charge on any atom is -0.444 e. The van der Waals surface area contributed by atoms with Crippen LogP contribution in [0.2, 0.25) is 0 Å². The fourth-order valence-corrected chi connectivity index (χ4v) is 1.51. The molecule has 0 aromatic carbocycles. The Hall–Kier alpha value is -1.30. The summed E-state index contributed by atoms with van der Waals surface area (Å²) in [6.07, 6.45) is 1.97. The van der Waals surface area contributed by atoms with Crippen molar-refractivity contribution in [2.45, 2.75) is 45.2 Å². The van der Waals surface area contributed by atoms with Crippen molar-refractivity contribution < 1.29 is 9.53 Å². The van der Waals surface area contributed by atoms with E-state index in [2.05, 4.69) is 15.6 Å². The van der Waals surface area contributed by atoms with Crippen LogP contribution in [0.1, 0.15) is 32.9 Å². The topological polar surface area (TPSA) is 69.0 Å². The van der Waals surface area contributed by atoms with Crippen LogP contribution in [0.15, 0.2) is 6.20 Å². The van der Waals surface area contributed by atoms with Crippen molar-refractivity contribution in [2.24, 2.45) is 0 Å². The quantitative estimate of drug-likeness (QED) is 0.658. The van der Waals surface area contributed by atoms with Gasteiger partial charge in [0, 0.05) is 13.1 Å². The zero-order valence-corrected chi connectivity index (χ0v) is 11.7. The first-order valence-corrected chi connectivity index (χ1v) is 6.36. The zero-order chi connectivity index (χ0) is 13.6. The lowest BCUT2D eigenvalue weighted by Crippen LogP contribution is -2.33. The molecule has 7 heteroatoms. The molecule has 0 unspecified atom stereocenters. The Morgan fingerprint density at radius 2 is 2.28 bits per heavy atom. The maximum Gasteiger partial charge on any atom is 0.407 e. The first-order chi connectivity index (χ1) is 8.42. The number of alkyl halides is 1. The molecule has 1 heterocycles. The van der Waals surface area contributed by atoms with Crippen LogP contribution in [-0.2, 0) is 17.2 Å². The Bertz CT molecular complexity index is 387. The first kappa shape index (κ1) is 14.8. The fourth-order valence-electron chi connectivity index (χ4n) is 1.30. The maximum absolute atomic E-state index is 11.4. The van der Waals surface area contributed by atoms with E-state index in [0.717, 1.165) is 12.1 Å². The van der Waals surface area contributed by atoms with E-state index >= 15 is 0 Å². The smallest absolute Gasteiger partial charge is 0.407 e. The standard InChI is InChI=1S/C11H19ClN4O2/c1-11(2,3)18-10(17)13-5-4-6-16-9(7-12)8-14-15-16/h8H,4-7H2,1-3H3,(H,13,17). The van der Waals surface area contributed by atoms with Gasteiger partial charge in [-0.15, -0.1) is 16.7 Å². The molecule has 6 nitrogen and oxygen atoms in total. The van der Waals surface area contributed by atoms with Crippen LogP contribution in [0, 0.1) is 0 Å². The number of nitrogens with one attached hydrogen (secondary N) is 1. The van der Waals surface area contributed by atoms with E-state index in [1.54, 1.807) is 10.9 Å². The third-order valence-corrected chi connectivity index (χ3v) is 2.32.